The van der Waals surface area contributed by atoms with Gasteiger partial charge in [0.2, 0.25) is 0 Å². The number of hydrogen-bond acceptors (Lipinski definition) is 2. The molecule has 1 aromatic carbocycles. The van der Waals surface area contributed by atoms with Gasteiger partial charge in [-0.3, -0.25) is 4.79 Å². The lowest BCUT2D eigenvalue weighted by molar-refractivity contribution is 0.0955. The molecule has 106 valence electrons. The lowest BCUT2D eigenvalue weighted by Gasteiger charge is -2.15. The number of aryl methyl sites for hydroxylation is 1. The highest BCUT2D eigenvalue weighted by Gasteiger charge is 2.55. The Kier molecular flexibility index (Phi) is 2.84. The Morgan fingerprint density at radius 1 is 1.20 bits per heavy atom. The van der Waals surface area contributed by atoms with Crippen molar-refractivity contribution in [2.24, 2.45) is 17.8 Å². The summed E-state index contributed by atoms with van der Waals surface area (Å²) in [6.07, 6.45) is 5.43. The van der Waals surface area contributed by atoms with E-state index in [0.29, 0.717) is 5.92 Å². The molecular weight excluding hydrogens is 250 g/mol. The van der Waals surface area contributed by atoms with E-state index in [4.69, 9.17) is 0 Å². The summed E-state index contributed by atoms with van der Waals surface area (Å²) in [5.41, 5.74) is 2.82. The summed E-state index contributed by atoms with van der Waals surface area (Å²) >= 11 is 0. The molecule has 20 heavy (non-hydrogen) atoms. The Labute approximate surface area is 119 Å². The minimum atomic E-state index is -0.383. The number of carbonyl (C=O) groups is 1. The number of aliphatic hydroxyl groups excluding tert-OH is 1. The molecule has 1 heterocycles. The van der Waals surface area contributed by atoms with Gasteiger partial charge >= 0.3 is 0 Å². The van der Waals surface area contributed by atoms with E-state index < -0.39 is 0 Å². The maximum atomic E-state index is 12.1. The van der Waals surface area contributed by atoms with Crippen LogP contribution in [-0.2, 0) is 6.42 Å². The first-order valence-electron chi connectivity index (χ1n) is 7.85. The molecule has 0 aromatic heterocycles. The van der Waals surface area contributed by atoms with Crippen molar-refractivity contribution >= 4 is 5.91 Å². The third-order valence-corrected chi connectivity index (χ3v) is 5.47. The highest BCUT2D eigenvalue weighted by Crippen LogP contribution is 2.62. The molecule has 2 fully saturated rings. The number of aliphatic hydroxyl groups is 1. The Balaban J connectivity index is 1.61. The lowest BCUT2D eigenvalue weighted by atomic mass is 9.94. The Morgan fingerprint density at radius 3 is 2.80 bits per heavy atom. The minimum Gasteiger partial charge on any atom is -0.388 e. The molecule has 3 unspecified atom stereocenters. The van der Waals surface area contributed by atoms with E-state index in [-0.39, 0.29) is 12.0 Å². The van der Waals surface area contributed by atoms with Crippen LogP contribution < -0.4 is 5.32 Å². The topological polar surface area (TPSA) is 49.3 Å². The molecule has 3 heteroatoms. The second-order valence-electron chi connectivity index (χ2n) is 6.56. The summed E-state index contributed by atoms with van der Waals surface area (Å²) in [5, 5.41) is 13.5. The van der Waals surface area contributed by atoms with Crippen LogP contribution in [0.25, 0.3) is 0 Å². The number of benzene rings is 1. The summed E-state index contributed by atoms with van der Waals surface area (Å²) in [6.45, 7) is 0.748. The number of amides is 1. The van der Waals surface area contributed by atoms with Gasteiger partial charge in [-0.2, -0.15) is 0 Å². The van der Waals surface area contributed by atoms with E-state index in [0.717, 1.165) is 47.9 Å². The largest absolute Gasteiger partial charge is 0.388 e. The van der Waals surface area contributed by atoms with Crippen molar-refractivity contribution in [1.82, 2.24) is 5.32 Å². The van der Waals surface area contributed by atoms with Crippen molar-refractivity contribution in [2.75, 3.05) is 6.54 Å². The lowest BCUT2D eigenvalue weighted by Crippen LogP contribution is -2.22. The Hall–Kier alpha value is -1.35. The molecule has 0 bridgehead atoms. The van der Waals surface area contributed by atoms with Crippen molar-refractivity contribution < 1.29 is 9.90 Å². The zero-order valence-electron chi connectivity index (χ0n) is 11.6. The summed E-state index contributed by atoms with van der Waals surface area (Å²) < 4.78 is 0. The fourth-order valence-corrected chi connectivity index (χ4v) is 4.35. The first-order chi connectivity index (χ1) is 9.75. The average molecular weight is 271 g/mol. The Bertz CT molecular complexity index is 544. The van der Waals surface area contributed by atoms with Gasteiger partial charge in [-0.05, 0) is 60.6 Å². The van der Waals surface area contributed by atoms with Gasteiger partial charge in [0.25, 0.3) is 5.91 Å². The van der Waals surface area contributed by atoms with Crippen LogP contribution >= 0.6 is 0 Å². The monoisotopic (exact) mass is 271 g/mol. The number of nitrogens with one attached hydrogen (secondary N) is 1. The van der Waals surface area contributed by atoms with Crippen LogP contribution in [0.3, 0.4) is 0 Å². The van der Waals surface area contributed by atoms with E-state index in [2.05, 4.69) is 5.32 Å². The van der Waals surface area contributed by atoms with E-state index in [1.54, 1.807) is 0 Å². The van der Waals surface area contributed by atoms with Gasteiger partial charge in [-0.15, -0.1) is 0 Å². The van der Waals surface area contributed by atoms with E-state index in [1.165, 1.54) is 19.3 Å². The molecule has 2 N–H and O–H groups in total. The van der Waals surface area contributed by atoms with Crippen LogP contribution in [0.4, 0.5) is 0 Å². The molecule has 0 saturated heterocycles. The quantitative estimate of drug-likeness (QED) is 0.868. The SMILES string of the molecule is O=C1NCCCc2ccc(C(O)C3C4CCCC43)cc21. The zero-order valence-corrected chi connectivity index (χ0v) is 11.6. The van der Waals surface area contributed by atoms with Gasteiger partial charge in [0.05, 0.1) is 6.10 Å². The van der Waals surface area contributed by atoms with Crippen LogP contribution in [0.5, 0.6) is 0 Å². The van der Waals surface area contributed by atoms with Gasteiger partial charge in [-0.25, -0.2) is 0 Å². The zero-order chi connectivity index (χ0) is 13.7. The number of carbonyl (C=O) groups excluding carboxylic acids is 1. The smallest absolute Gasteiger partial charge is 0.251 e. The highest BCUT2D eigenvalue weighted by molar-refractivity contribution is 5.96. The van der Waals surface area contributed by atoms with E-state index in [9.17, 15) is 9.90 Å². The third-order valence-electron chi connectivity index (χ3n) is 5.47. The van der Waals surface area contributed by atoms with Crippen LogP contribution in [0.1, 0.15) is 53.3 Å². The second-order valence-corrected chi connectivity index (χ2v) is 6.56. The molecule has 1 aliphatic heterocycles. The van der Waals surface area contributed by atoms with Crippen LogP contribution in [0.2, 0.25) is 0 Å². The van der Waals surface area contributed by atoms with E-state index in [1.807, 2.05) is 18.2 Å². The van der Waals surface area contributed by atoms with Crippen molar-refractivity contribution in [1.29, 1.82) is 0 Å². The number of fused-ring (bicyclic) bond motifs is 2. The first kappa shape index (κ1) is 12.4. The normalized spacial score (nSPS) is 32.9. The Morgan fingerprint density at radius 2 is 2.00 bits per heavy atom. The summed E-state index contributed by atoms with van der Waals surface area (Å²) in [6, 6.07) is 5.99. The molecule has 3 atom stereocenters. The molecular formula is C17H21NO2. The predicted molar refractivity (Wildman–Crippen MR) is 76.4 cm³/mol. The van der Waals surface area contributed by atoms with Crippen LogP contribution in [0.15, 0.2) is 18.2 Å². The molecule has 2 aliphatic carbocycles. The van der Waals surface area contributed by atoms with Crippen molar-refractivity contribution in [3.05, 3.63) is 34.9 Å². The molecule has 3 nitrogen and oxygen atoms in total. The summed E-state index contributed by atoms with van der Waals surface area (Å²) in [4.78, 5) is 12.1. The van der Waals surface area contributed by atoms with Crippen molar-refractivity contribution in [3.63, 3.8) is 0 Å². The molecule has 1 amide bonds. The maximum absolute atomic E-state index is 12.1. The van der Waals surface area contributed by atoms with Crippen LogP contribution in [0, 0.1) is 17.8 Å². The molecule has 3 aliphatic rings. The van der Waals surface area contributed by atoms with Crippen molar-refractivity contribution in [3.8, 4) is 0 Å². The predicted octanol–water partition coefficient (Wildman–Crippen LogP) is 2.44. The third kappa shape index (κ3) is 1.87. The summed E-state index contributed by atoms with van der Waals surface area (Å²) in [5.74, 6) is 1.92. The molecule has 1 aromatic rings. The number of rotatable bonds is 2. The second kappa shape index (κ2) is 4.59. The molecule has 0 spiro atoms. The van der Waals surface area contributed by atoms with E-state index >= 15 is 0 Å². The van der Waals surface area contributed by atoms with Gasteiger partial charge in [-0.1, -0.05) is 18.6 Å². The molecule has 0 radical (unpaired) electrons. The number of hydrogen-bond donors (Lipinski definition) is 2. The fourth-order valence-electron chi connectivity index (χ4n) is 4.35. The van der Waals surface area contributed by atoms with Gasteiger partial charge < -0.3 is 10.4 Å². The first-order valence-corrected chi connectivity index (χ1v) is 7.85. The van der Waals surface area contributed by atoms with Crippen LogP contribution in [-0.4, -0.2) is 17.6 Å². The minimum absolute atomic E-state index is 0.0162. The highest BCUT2D eigenvalue weighted by atomic mass is 16.3. The van der Waals surface area contributed by atoms with Gasteiger partial charge in [0.15, 0.2) is 0 Å². The standard InChI is InChI=1S/C17H21NO2/c19-16(15-12-4-1-5-13(12)15)11-7-6-10-3-2-8-18-17(20)14(10)9-11/h6-7,9,12-13,15-16,19H,1-5,8H2,(H,18,20). The summed E-state index contributed by atoms with van der Waals surface area (Å²) in [7, 11) is 0. The maximum Gasteiger partial charge on any atom is 0.251 e. The fraction of sp³-hybridized carbons (Fsp3) is 0.588. The molecule has 4 rings (SSSR count). The van der Waals surface area contributed by atoms with Gasteiger partial charge in [0, 0.05) is 12.1 Å². The van der Waals surface area contributed by atoms with Gasteiger partial charge in [0.1, 0.15) is 0 Å². The van der Waals surface area contributed by atoms with Crippen molar-refractivity contribution in [2.45, 2.75) is 38.2 Å². The molecule has 2 saturated carbocycles. The average Bonchev–Trinajstić information content (AvgIpc) is 3.02.